The predicted molar refractivity (Wildman–Crippen MR) is 76.7 cm³/mol. The zero-order valence-electron chi connectivity index (χ0n) is 11.7. The van der Waals surface area contributed by atoms with Gasteiger partial charge in [0.25, 0.3) is 0 Å². The standard InChI is InChI=1S/C16H20N2O2/c1-11-9-18-10-13(4-7-15(18)17-11)8-12-2-5-14(6-3-12)16(19)20/h4,7,9-10,12,14H,2-3,5-6,8H2,1H3,(H,19,20). The van der Waals surface area contributed by atoms with Crippen molar-refractivity contribution >= 4 is 11.6 Å². The molecule has 1 saturated carbocycles. The number of carboxylic acid groups (broad SMARTS) is 1. The van der Waals surface area contributed by atoms with Crippen molar-refractivity contribution in [1.82, 2.24) is 9.38 Å². The number of carboxylic acids is 1. The van der Waals surface area contributed by atoms with E-state index >= 15 is 0 Å². The molecule has 0 saturated heterocycles. The molecule has 0 aromatic carbocycles. The Balaban J connectivity index is 1.66. The molecule has 1 N–H and O–H groups in total. The summed E-state index contributed by atoms with van der Waals surface area (Å²) in [7, 11) is 0. The minimum Gasteiger partial charge on any atom is -0.481 e. The molecule has 1 fully saturated rings. The average Bonchev–Trinajstić information content (AvgIpc) is 2.78. The maximum atomic E-state index is 11.0. The summed E-state index contributed by atoms with van der Waals surface area (Å²) in [6, 6.07) is 4.20. The Hall–Kier alpha value is -1.84. The Labute approximate surface area is 118 Å². The molecule has 0 unspecified atom stereocenters. The maximum absolute atomic E-state index is 11.0. The van der Waals surface area contributed by atoms with Crippen LogP contribution >= 0.6 is 0 Å². The van der Waals surface area contributed by atoms with Crippen molar-refractivity contribution in [2.24, 2.45) is 11.8 Å². The summed E-state index contributed by atoms with van der Waals surface area (Å²) >= 11 is 0. The van der Waals surface area contributed by atoms with Gasteiger partial charge in [-0.25, -0.2) is 4.98 Å². The highest BCUT2D eigenvalue weighted by Gasteiger charge is 2.25. The lowest BCUT2D eigenvalue weighted by atomic mass is 9.79. The number of hydrogen-bond acceptors (Lipinski definition) is 2. The number of carbonyl (C=O) groups is 1. The molecular formula is C16H20N2O2. The van der Waals surface area contributed by atoms with E-state index in [2.05, 4.69) is 27.7 Å². The van der Waals surface area contributed by atoms with Crippen molar-refractivity contribution in [3.63, 3.8) is 0 Å². The zero-order valence-corrected chi connectivity index (χ0v) is 11.7. The highest BCUT2D eigenvalue weighted by molar-refractivity contribution is 5.70. The quantitative estimate of drug-likeness (QED) is 0.934. The SMILES string of the molecule is Cc1cn2cc(CC3CCC(C(=O)O)CC3)ccc2n1. The van der Waals surface area contributed by atoms with E-state index in [4.69, 9.17) is 5.11 Å². The predicted octanol–water partition coefficient (Wildman–Crippen LogP) is 3.08. The van der Waals surface area contributed by atoms with Crippen LogP contribution in [0.25, 0.3) is 5.65 Å². The first kappa shape index (κ1) is 13.2. The van der Waals surface area contributed by atoms with Crippen LogP contribution in [0.3, 0.4) is 0 Å². The number of imidazole rings is 1. The van der Waals surface area contributed by atoms with Crippen LogP contribution in [-0.4, -0.2) is 20.5 Å². The number of aromatic nitrogens is 2. The third-order valence-corrected chi connectivity index (χ3v) is 4.35. The molecule has 2 heterocycles. The summed E-state index contributed by atoms with van der Waals surface area (Å²) in [4.78, 5) is 15.4. The van der Waals surface area contributed by atoms with E-state index in [-0.39, 0.29) is 5.92 Å². The first-order valence-electron chi connectivity index (χ1n) is 7.29. The Morgan fingerprint density at radius 3 is 2.75 bits per heavy atom. The maximum Gasteiger partial charge on any atom is 0.306 e. The fourth-order valence-electron chi connectivity index (χ4n) is 3.23. The van der Waals surface area contributed by atoms with E-state index in [9.17, 15) is 4.79 Å². The van der Waals surface area contributed by atoms with Gasteiger partial charge in [0.2, 0.25) is 0 Å². The van der Waals surface area contributed by atoms with Gasteiger partial charge in [-0.3, -0.25) is 4.79 Å². The molecule has 4 heteroatoms. The van der Waals surface area contributed by atoms with Gasteiger partial charge in [-0.15, -0.1) is 0 Å². The summed E-state index contributed by atoms with van der Waals surface area (Å²) in [6.07, 6.45) is 8.94. The first-order valence-corrected chi connectivity index (χ1v) is 7.29. The van der Waals surface area contributed by atoms with Gasteiger partial charge in [-0.2, -0.15) is 0 Å². The summed E-state index contributed by atoms with van der Waals surface area (Å²) in [5, 5.41) is 9.02. The highest BCUT2D eigenvalue weighted by atomic mass is 16.4. The van der Waals surface area contributed by atoms with Crippen LogP contribution in [-0.2, 0) is 11.2 Å². The minimum atomic E-state index is -0.626. The molecule has 0 bridgehead atoms. The number of aryl methyl sites for hydroxylation is 1. The molecule has 3 rings (SSSR count). The molecule has 2 aromatic rings. The van der Waals surface area contributed by atoms with Crippen molar-refractivity contribution in [2.45, 2.75) is 39.0 Å². The fourth-order valence-corrected chi connectivity index (χ4v) is 3.23. The lowest BCUT2D eigenvalue weighted by Gasteiger charge is -2.26. The zero-order chi connectivity index (χ0) is 14.1. The second kappa shape index (κ2) is 5.27. The lowest BCUT2D eigenvalue weighted by molar-refractivity contribution is -0.143. The topological polar surface area (TPSA) is 54.6 Å². The highest BCUT2D eigenvalue weighted by Crippen LogP contribution is 2.31. The van der Waals surface area contributed by atoms with Crippen LogP contribution in [0.2, 0.25) is 0 Å². The van der Waals surface area contributed by atoms with E-state index < -0.39 is 5.97 Å². The van der Waals surface area contributed by atoms with Gasteiger partial charge < -0.3 is 9.51 Å². The number of hydrogen-bond donors (Lipinski definition) is 1. The number of fused-ring (bicyclic) bond motifs is 1. The van der Waals surface area contributed by atoms with E-state index in [1.165, 1.54) is 5.56 Å². The van der Waals surface area contributed by atoms with E-state index in [0.717, 1.165) is 43.4 Å². The smallest absolute Gasteiger partial charge is 0.306 e. The summed E-state index contributed by atoms with van der Waals surface area (Å²) in [5.41, 5.74) is 3.33. The van der Waals surface area contributed by atoms with Crippen LogP contribution in [0.15, 0.2) is 24.5 Å². The van der Waals surface area contributed by atoms with Crippen LogP contribution in [0.5, 0.6) is 0 Å². The second-order valence-corrected chi connectivity index (χ2v) is 5.95. The second-order valence-electron chi connectivity index (χ2n) is 5.95. The Bertz CT molecular complexity index is 624. The molecular weight excluding hydrogens is 252 g/mol. The average molecular weight is 272 g/mol. The number of pyridine rings is 1. The number of aliphatic carboxylic acids is 1. The molecule has 0 spiro atoms. The van der Waals surface area contributed by atoms with Crippen LogP contribution < -0.4 is 0 Å². The lowest BCUT2D eigenvalue weighted by Crippen LogP contribution is -2.22. The van der Waals surface area contributed by atoms with Crippen LogP contribution in [0.1, 0.15) is 36.9 Å². The molecule has 1 aliphatic carbocycles. The monoisotopic (exact) mass is 272 g/mol. The minimum absolute atomic E-state index is 0.120. The molecule has 0 atom stereocenters. The van der Waals surface area contributed by atoms with E-state index in [0.29, 0.717) is 5.92 Å². The van der Waals surface area contributed by atoms with Crippen molar-refractivity contribution < 1.29 is 9.90 Å². The molecule has 2 aromatic heterocycles. The van der Waals surface area contributed by atoms with Gasteiger partial charge in [0.15, 0.2) is 0 Å². The van der Waals surface area contributed by atoms with Gasteiger partial charge in [0.1, 0.15) is 5.65 Å². The Kier molecular flexibility index (Phi) is 3.47. The third-order valence-electron chi connectivity index (χ3n) is 4.35. The molecule has 20 heavy (non-hydrogen) atoms. The molecule has 106 valence electrons. The van der Waals surface area contributed by atoms with Gasteiger partial charge in [-0.05, 0) is 56.6 Å². The fraction of sp³-hybridized carbons (Fsp3) is 0.500. The first-order chi connectivity index (χ1) is 9.61. The summed E-state index contributed by atoms with van der Waals surface area (Å²) < 4.78 is 2.08. The van der Waals surface area contributed by atoms with Crippen molar-refractivity contribution in [3.05, 3.63) is 35.8 Å². The Morgan fingerprint density at radius 1 is 1.30 bits per heavy atom. The van der Waals surface area contributed by atoms with E-state index in [1.807, 2.05) is 13.1 Å². The van der Waals surface area contributed by atoms with Gasteiger partial charge in [-0.1, -0.05) is 6.07 Å². The largest absolute Gasteiger partial charge is 0.481 e. The van der Waals surface area contributed by atoms with Crippen molar-refractivity contribution in [1.29, 1.82) is 0 Å². The van der Waals surface area contributed by atoms with Crippen molar-refractivity contribution in [2.75, 3.05) is 0 Å². The van der Waals surface area contributed by atoms with Crippen LogP contribution in [0, 0.1) is 18.8 Å². The molecule has 4 nitrogen and oxygen atoms in total. The molecule has 0 radical (unpaired) electrons. The van der Waals surface area contributed by atoms with Gasteiger partial charge >= 0.3 is 5.97 Å². The molecule has 0 aliphatic heterocycles. The molecule has 1 aliphatic rings. The summed E-state index contributed by atoms with van der Waals surface area (Å²) in [5.74, 6) is -0.128. The van der Waals surface area contributed by atoms with Gasteiger partial charge in [0.05, 0.1) is 11.6 Å². The third kappa shape index (κ3) is 2.69. The van der Waals surface area contributed by atoms with Crippen molar-refractivity contribution in [3.8, 4) is 0 Å². The number of rotatable bonds is 3. The normalized spacial score (nSPS) is 23.1. The van der Waals surface area contributed by atoms with E-state index in [1.54, 1.807) is 0 Å². The Morgan fingerprint density at radius 2 is 2.05 bits per heavy atom. The molecule has 0 amide bonds. The van der Waals surface area contributed by atoms with Crippen LogP contribution in [0.4, 0.5) is 0 Å². The van der Waals surface area contributed by atoms with Gasteiger partial charge in [0, 0.05) is 12.4 Å². The summed E-state index contributed by atoms with van der Waals surface area (Å²) in [6.45, 7) is 2.00. The number of nitrogens with zero attached hydrogens (tertiary/aromatic N) is 2.